The Bertz CT molecular complexity index is 377. The summed E-state index contributed by atoms with van der Waals surface area (Å²) < 4.78 is 0. The maximum Gasteiger partial charge on any atom is 0.355 e. The highest BCUT2D eigenvalue weighted by atomic mass is 32.1. The Labute approximate surface area is 92.6 Å². The van der Waals surface area contributed by atoms with Gasteiger partial charge in [-0.25, -0.2) is 9.78 Å². The van der Waals surface area contributed by atoms with E-state index in [1.54, 1.807) is 5.38 Å². The van der Waals surface area contributed by atoms with Crippen LogP contribution in [0.3, 0.4) is 0 Å². The standard InChI is InChI=1S/C10H14N2O2S/c1-6-3-4-12(6)7(2)9-11-8(5-15-9)10(13)14/h5-7H,3-4H2,1-2H3,(H,13,14). The van der Waals surface area contributed by atoms with Crippen LogP contribution in [0, 0.1) is 0 Å². The second-order valence-electron chi connectivity index (χ2n) is 3.93. The highest BCUT2D eigenvalue weighted by Crippen LogP contribution is 2.31. The summed E-state index contributed by atoms with van der Waals surface area (Å²) in [5.41, 5.74) is 0.162. The minimum atomic E-state index is -0.943. The lowest BCUT2D eigenvalue weighted by molar-refractivity contribution is 0.0598. The van der Waals surface area contributed by atoms with Crippen molar-refractivity contribution < 1.29 is 9.90 Å². The molecule has 5 heteroatoms. The monoisotopic (exact) mass is 226 g/mol. The number of carboxylic acids is 1. The number of aromatic carboxylic acids is 1. The van der Waals surface area contributed by atoms with Gasteiger partial charge in [-0.05, 0) is 20.3 Å². The molecular formula is C10H14N2O2S. The van der Waals surface area contributed by atoms with Crippen molar-refractivity contribution in [1.82, 2.24) is 9.88 Å². The molecule has 2 rings (SSSR count). The van der Waals surface area contributed by atoms with Crippen molar-refractivity contribution in [2.75, 3.05) is 6.54 Å². The Hall–Kier alpha value is -0.940. The molecule has 0 radical (unpaired) electrons. The van der Waals surface area contributed by atoms with E-state index in [2.05, 4.69) is 23.7 Å². The van der Waals surface area contributed by atoms with Crippen LogP contribution in [-0.4, -0.2) is 33.5 Å². The number of carbonyl (C=O) groups is 1. The van der Waals surface area contributed by atoms with E-state index in [9.17, 15) is 4.79 Å². The summed E-state index contributed by atoms with van der Waals surface area (Å²) in [5.74, 6) is -0.943. The number of carboxylic acid groups (broad SMARTS) is 1. The molecule has 2 atom stereocenters. The molecule has 82 valence electrons. The van der Waals surface area contributed by atoms with E-state index in [1.807, 2.05) is 0 Å². The SMILES string of the molecule is CC1CCN1C(C)c1nc(C(=O)O)cs1. The Balaban J connectivity index is 2.11. The lowest BCUT2D eigenvalue weighted by Gasteiger charge is -2.42. The number of likely N-dealkylation sites (tertiary alicyclic amines) is 1. The highest BCUT2D eigenvalue weighted by Gasteiger charge is 2.30. The summed E-state index contributed by atoms with van der Waals surface area (Å²) in [7, 11) is 0. The maximum absolute atomic E-state index is 10.7. The molecule has 1 N–H and O–H groups in total. The zero-order chi connectivity index (χ0) is 11.0. The van der Waals surface area contributed by atoms with Gasteiger partial charge in [-0.1, -0.05) is 0 Å². The Morgan fingerprint density at radius 3 is 2.93 bits per heavy atom. The van der Waals surface area contributed by atoms with Gasteiger partial charge in [-0.3, -0.25) is 4.90 Å². The van der Waals surface area contributed by atoms with Crippen LogP contribution in [-0.2, 0) is 0 Å². The molecule has 0 bridgehead atoms. The summed E-state index contributed by atoms with van der Waals surface area (Å²) >= 11 is 1.43. The molecule has 0 aliphatic carbocycles. The van der Waals surface area contributed by atoms with E-state index in [0.717, 1.165) is 11.6 Å². The fourth-order valence-electron chi connectivity index (χ4n) is 1.83. The van der Waals surface area contributed by atoms with Crippen molar-refractivity contribution in [2.24, 2.45) is 0 Å². The van der Waals surface area contributed by atoms with Crippen LogP contribution in [0.5, 0.6) is 0 Å². The molecule has 1 aromatic heterocycles. The largest absolute Gasteiger partial charge is 0.476 e. The van der Waals surface area contributed by atoms with Crippen molar-refractivity contribution >= 4 is 17.3 Å². The predicted molar refractivity (Wildman–Crippen MR) is 58.3 cm³/mol. The van der Waals surface area contributed by atoms with Crippen molar-refractivity contribution in [3.63, 3.8) is 0 Å². The van der Waals surface area contributed by atoms with Crippen LogP contribution in [0.2, 0.25) is 0 Å². The molecule has 0 saturated carbocycles. The van der Waals surface area contributed by atoms with Crippen molar-refractivity contribution in [3.05, 3.63) is 16.1 Å². The third-order valence-electron chi connectivity index (χ3n) is 2.97. The molecule has 1 aliphatic rings. The summed E-state index contributed by atoms with van der Waals surface area (Å²) in [5, 5.41) is 11.3. The van der Waals surface area contributed by atoms with Gasteiger partial charge in [0.2, 0.25) is 0 Å². The number of hydrogen-bond acceptors (Lipinski definition) is 4. The van der Waals surface area contributed by atoms with Crippen LogP contribution in [0.4, 0.5) is 0 Å². The molecule has 1 aromatic rings. The zero-order valence-electron chi connectivity index (χ0n) is 8.80. The molecule has 1 aliphatic heterocycles. The first-order chi connectivity index (χ1) is 7.09. The lowest BCUT2D eigenvalue weighted by atomic mass is 10.0. The van der Waals surface area contributed by atoms with Gasteiger partial charge in [-0.15, -0.1) is 11.3 Å². The molecule has 0 aromatic carbocycles. The number of rotatable bonds is 3. The molecule has 15 heavy (non-hydrogen) atoms. The van der Waals surface area contributed by atoms with Crippen LogP contribution < -0.4 is 0 Å². The minimum Gasteiger partial charge on any atom is -0.476 e. The molecule has 2 heterocycles. The van der Waals surface area contributed by atoms with Crippen molar-refractivity contribution in [1.29, 1.82) is 0 Å². The fourth-order valence-corrected chi connectivity index (χ4v) is 2.70. The molecular weight excluding hydrogens is 212 g/mol. The second-order valence-corrected chi connectivity index (χ2v) is 4.82. The molecule has 2 unspecified atom stereocenters. The number of hydrogen-bond donors (Lipinski definition) is 1. The van der Waals surface area contributed by atoms with E-state index in [4.69, 9.17) is 5.11 Å². The first kappa shape index (κ1) is 10.6. The molecule has 0 amide bonds. The van der Waals surface area contributed by atoms with E-state index in [0.29, 0.717) is 6.04 Å². The Morgan fingerprint density at radius 1 is 1.80 bits per heavy atom. The average Bonchev–Trinajstić information content (AvgIpc) is 2.64. The first-order valence-corrected chi connectivity index (χ1v) is 5.92. The zero-order valence-corrected chi connectivity index (χ0v) is 9.62. The lowest BCUT2D eigenvalue weighted by Crippen LogP contribution is -2.46. The van der Waals surface area contributed by atoms with Gasteiger partial charge in [-0.2, -0.15) is 0 Å². The topological polar surface area (TPSA) is 53.4 Å². The molecule has 1 saturated heterocycles. The maximum atomic E-state index is 10.7. The van der Waals surface area contributed by atoms with E-state index in [-0.39, 0.29) is 11.7 Å². The Kier molecular flexibility index (Phi) is 2.75. The smallest absolute Gasteiger partial charge is 0.355 e. The number of nitrogens with zero attached hydrogens (tertiary/aromatic N) is 2. The molecule has 4 nitrogen and oxygen atoms in total. The average molecular weight is 226 g/mol. The summed E-state index contributed by atoms with van der Waals surface area (Å²) in [4.78, 5) is 17.1. The minimum absolute atomic E-state index is 0.162. The number of aromatic nitrogens is 1. The van der Waals surface area contributed by atoms with E-state index in [1.165, 1.54) is 17.8 Å². The summed E-state index contributed by atoms with van der Waals surface area (Å²) in [6.45, 7) is 5.36. The van der Waals surface area contributed by atoms with Gasteiger partial charge in [0, 0.05) is 18.0 Å². The fraction of sp³-hybridized carbons (Fsp3) is 0.600. The van der Waals surface area contributed by atoms with Crippen molar-refractivity contribution in [3.8, 4) is 0 Å². The van der Waals surface area contributed by atoms with Gasteiger partial charge in [0.25, 0.3) is 0 Å². The second kappa shape index (κ2) is 3.90. The Morgan fingerprint density at radius 2 is 2.53 bits per heavy atom. The van der Waals surface area contributed by atoms with Crippen LogP contribution in [0.15, 0.2) is 5.38 Å². The predicted octanol–water partition coefficient (Wildman–Crippen LogP) is 2.00. The normalized spacial score (nSPS) is 23.5. The first-order valence-electron chi connectivity index (χ1n) is 5.04. The quantitative estimate of drug-likeness (QED) is 0.856. The van der Waals surface area contributed by atoms with E-state index < -0.39 is 5.97 Å². The van der Waals surface area contributed by atoms with Gasteiger partial charge < -0.3 is 5.11 Å². The van der Waals surface area contributed by atoms with Gasteiger partial charge in [0.05, 0.1) is 6.04 Å². The highest BCUT2D eigenvalue weighted by molar-refractivity contribution is 7.09. The third kappa shape index (κ3) is 1.89. The summed E-state index contributed by atoms with van der Waals surface area (Å²) in [6.07, 6.45) is 1.22. The van der Waals surface area contributed by atoms with Gasteiger partial charge in [0.15, 0.2) is 5.69 Å². The van der Waals surface area contributed by atoms with Crippen LogP contribution >= 0.6 is 11.3 Å². The van der Waals surface area contributed by atoms with Crippen LogP contribution in [0.1, 0.15) is 41.8 Å². The third-order valence-corrected chi connectivity index (χ3v) is 3.98. The summed E-state index contributed by atoms with van der Waals surface area (Å²) in [6, 6.07) is 0.837. The molecule has 1 fully saturated rings. The number of thiazole rings is 1. The van der Waals surface area contributed by atoms with E-state index >= 15 is 0 Å². The van der Waals surface area contributed by atoms with Crippen molar-refractivity contribution in [2.45, 2.75) is 32.4 Å². The molecule has 0 spiro atoms. The van der Waals surface area contributed by atoms with Gasteiger partial charge in [0.1, 0.15) is 5.01 Å². The van der Waals surface area contributed by atoms with Gasteiger partial charge >= 0.3 is 5.97 Å². The van der Waals surface area contributed by atoms with Crippen LogP contribution in [0.25, 0.3) is 0 Å².